The van der Waals surface area contributed by atoms with Crippen LogP contribution in [0.3, 0.4) is 0 Å². The summed E-state index contributed by atoms with van der Waals surface area (Å²) < 4.78 is 75.2. The molecular formula is C23H17F5N4O3. The summed E-state index contributed by atoms with van der Waals surface area (Å²) in [4.78, 5) is 20.3. The van der Waals surface area contributed by atoms with Crippen LogP contribution in [0.1, 0.15) is 35.8 Å². The van der Waals surface area contributed by atoms with Gasteiger partial charge in [0.15, 0.2) is 0 Å². The molecule has 12 heteroatoms. The molecule has 35 heavy (non-hydrogen) atoms. The molecule has 0 radical (unpaired) electrons. The van der Waals surface area contributed by atoms with Crippen molar-refractivity contribution in [1.82, 2.24) is 20.4 Å². The fourth-order valence-electron chi connectivity index (χ4n) is 3.09. The molecule has 0 aliphatic carbocycles. The fraction of sp³-hybridized carbons (Fsp3) is 0.217. The van der Waals surface area contributed by atoms with E-state index in [1.807, 2.05) is 0 Å². The van der Waals surface area contributed by atoms with Gasteiger partial charge >= 0.3 is 12.1 Å². The molecule has 4 rings (SSSR count). The van der Waals surface area contributed by atoms with Gasteiger partial charge in [0.2, 0.25) is 11.7 Å². The first-order valence-corrected chi connectivity index (χ1v) is 10.1. The molecule has 1 N–H and O–H groups in total. The van der Waals surface area contributed by atoms with Gasteiger partial charge in [-0.1, -0.05) is 19.0 Å². The molecule has 182 valence electrons. The van der Waals surface area contributed by atoms with Gasteiger partial charge in [-0.05, 0) is 42.5 Å². The molecule has 2 aromatic heterocycles. The zero-order valence-corrected chi connectivity index (χ0v) is 18.3. The van der Waals surface area contributed by atoms with Crippen molar-refractivity contribution >= 4 is 5.91 Å². The highest BCUT2D eigenvalue weighted by Gasteiger charge is 2.38. The Kier molecular flexibility index (Phi) is 6.14. The van der Waals surface area contributed by atoms with Crippen LogP contribution in [0.2, 0.25) is 0 Å². The number of carbonyl (C=O) groups excluding carboxylic acids is 1. The van der Waals surface area contributed by atoms with Crippen LogP contribution in [0.25, 0.3) is 22.8 Å². The molecule has 7 nitrogen and oxygen atoms in total. The summed E-state index contributed by atoms with van der Waals surface area (Å²) in [5, 5.41) is 5.83. The molecule has 4 aromatic rings. The van der Waals surface area contributed by atoms with Crippen molar-refractivity contribution in [2.75, 3.05) is 6.54 Å². The quantitative estimate of drug-likeness (QED) is 0.363. The molecule has 0 aliphatic rings. The smallest absolute Gasteiger partial charge is 0.444 e. The first-order valence-electron chi connectivity index (χ1n) is 10.1. The first-order chi connectivity index (χ1) is 16.4. The lowest BCUT2D eigenvalue weighted by Crippen LogP contribution is -2.37. The minimum absolute atomic E-state index is 0.0192. The van der Waals surface area contributed by atoms with Crippen molar-refractivity contribution in [2.45, 2.75) is 25.4 Å². The number of hydrogen-bond acceptors (Lipinski definition) is 6. The lowest BCUT2D eigenvalue weighted by molar-refractivity contribution is -0.159. The summed E-state index contributed by atoms with van der Waals surface area (Å²) in [5.41, 5.74) is -0.149. The Balaban J connectivity index is 1.48. The number of amides is 1. The van der Waals surface area contributed by atoms with Crippen molar-refractivity contribution < 1.29 is 35.7 Å². The Morgan fingerprint density at radius 2 is 1.69 bits per heavy atom. The molecule has 0 spiro atoms. The summed E-state index contributed by atoms with van der Waals surface area (Å²) in [6, 6.07) is 8.65. The molecule has 2 aromatic carbocycles. The topological polar surface area (TPSA) is 94.1 Å². The van der Waals surface area contributed by atoms with Crippen LogP contribution in [-0.4, -0.2) is 27.6 Å². The Labute approximate surface area is 195 Å². The predicted molar refractivity (Wildman–Crippen MR) is 112 cm³/mol. The van der Waals surface area contributed by atoms with E-state index < -0.39 is 46.4 Å². The van der Waals surface area contributed by atoms with Crippen LogP contribution >= 0.6 is 0 Å². The number of nitrogens with one attached hydrogen (secondary N) is 1. The second kappa shape index (κ2) is 8.93. The number of oxazole rings is 1. The molecule has 2 heterocycles. The summed E-state index contributed by atoms with van der Waals surface area (Å²) in [6.07, 6.45) is -3.44. The maximum absolute atomic E-state index is 14.3. The van der Waals surface area contributed by atoms with Crippen LogP contribution in [0, 0.1) is 11.6 Å². The lowest BCUT2D eigenvalue weighted by Gasteiger charge is -2.22. The van der Waals surface area contributed by atoms with Crippen LogP contribution in [0.5, 0.6) is 0 Å². The van der Waals surface area contributed by atoms with Gasteiger partial charge in [0.05, 0.1) is 11.3 Å². The van der Waals surface area contributed by atoms with Crippen LogP contribution in [0.4, 0.5) is 22.0 Å². The number of halogens is 5. The van der Waals surface area contributed by atoms with Crippen LogP contribution in [-0.2, 0) is 11.6 Å². The molecule has 1 amide bonds. The van der Waals surface area contributed by atoms with E-state index in [1.165, 1.54) is 30.5 Å². The van der Waals surface area contributed by atoms with E-state index in [9.17, 15) is 26.7 Å². The van der Waals surface area contributed by atoms with E-state index in [4.69, 9.17) is 4.42 Å². The van der Waals surface area contributed by atoms with Crippen molar-refractivity contribution in [3.05, 3.63) is 77.5 Å². The molecule has 0 unspecified atom stereocenters. The van der Waals surface area contributed by atoms with E-state index in [2.05, 4.69) is 25.0 Å². The molecule has 0 bridgehead atoms. The Morgan fingerprint density at radius 1 is 1.00 bits per heavy atom. The summed E-state index contributed by atoms with van der Waals surface area (Å²) >= 11 is 0. The number of nitrogens with zero attached hydrogens (tertiary/aromatic N) is 3. The lowest BCUT2D eigenvalue weighted by atomic mass is 9.90. The number of carbonyl (C=O) groups is 1. The second-order valence-electron chi connectivity index (χ2n) is 8.23. The maximum Gasteiger partial charge on any atom is 0.471 e. The van der Waals surface area contributed by atoms with Gasteiger partial charge < -0.3 is 14.3 Å². The average Bonchev–Trinajstić information content (AvgIpc) is 3.49. The average molecular weight is 492 g/mol. The monoisotopic (exact) mass is 492 g/mol. The van der Waals surface area contributed by atoms with Gasteiger partial charge in [-0.25, -0.2) is 13.8 Å². The number of alkyl halides is 3. The van der Waals surface area contributed by atoms with Crippen molar-refractivity contribution in [2.24, 2.45) is 0 Å². The summed E-state index contributed by atoms with van der Waals surface area (Å²) in [5.74, 6) is -3.83. The SMILES string of the molecule is CC(C)(CNC(=O)c1cc(-c2noc(C(F)(F)F)n2)ccc1F)c1coc(-c2ccc(F)cc2)n1. The fourth-order valence-corrected chi connectivity index (χ4v) is 3.09. The predicted octanol–water partition coefficient (Wildman–Crippen LogP) is 5.40. The number of benzene rings is 2. The molecular weight excluding hydrogens is 475 g/mol. The molecule has 0 atom stereocenters. The van der Waals surface area contributed by atoms with Crippen molar-refractivity contribution in [3.63, 3.8) is 0 Å². The summed E-state index contributed by atoms with van der Waals surface area (Å²) in [6.45, 7) is 3.56. The largest absolute Gasteiger partial charge is 0.471 e. The zero-order chi connectivity index (χ0) is 25.4. The minimum Gasteiger partial charge on any atom is -0.444 e. The van der Waals surface area contributed by atoms with Crippen LogP contribution in [0.15, 0.2) is 57.7 Å². The van der Waals surface area contributed by atoms with Gasteiger partial charge in [-0.3, -0.25) is 4.79 Å². The second-order valence-corrected chi connectivity index (χ2v) is 8.23. The highest BCUT2D eigenvalue weighted by Crippen LogP contribution is 2.30. The van der Waals surface area contributed by atoms with Crippen molar-refractivity contribution in [3.8, 4) is 22.8 Å². The third kappa shape index (κ3) is 5.20. The van der Waals surface area contributed by atoms with E-state index in [0.29, 0.717) is 11.3 Å². The standard InChI is InChI=1S/C23H17F5N4O3/c1-22(2,17-10-34-20(30-17)12-3-6-14(24)7-4-12)11-29-19(33)15-9-13(5-8-16(15)25)18-31-21(35-32-18)23(26,27)28/h3-10H,11H2,1-2H3,(H,29,33). The van der Waals surface area contributed by atoms with E-state index in [1.54, 1.807) is 13.8 Å². The maximum atomic E-state index is 14.3. The summed E-state index contributed by atoms with van der Waals surface area (Å²) in [7, 11) is 0. The van der Waals surface area contributed by atoms with Gasteiger partial charge in [0.25, 0.3) is 5.91 Å². The normalized spacial score (nSPS) is 12.1. The molecule has 0 saturated carbocycles. The number of rotatable bonds is 6. The van der Waals surface area contributed by atoms with Crippen molar-refractivity contribution in [1.29, 1.82) is 0 Å². The minimum atomic E-state index is -4.84. The zero-order valence-electron chi connectivity index (χ0n) is 18.3. The Hall–Kier alpha value is -4.09. The van der Waals surface area contributed by atoms with Gasteiger partial charge in [-0.15, -0.1) is 0 Å². The molecule has 0 aliphatic heterocycles. The van der Waals surface area contributed by atoms with Gasteiger partial charge in [-0.2, -0.15) is 18.2 Å². The van der Waals surface area contributed by atoms with E-state index in [0.717, 1.165) is 18.2 Å². The van der Waals surface area contributed by atoms with Gasteiger partial charge in [0.1, 0.15) is 17.9 Å². The Bertz CT molecular complexity index is 1360. The third-order valence-electron chi connectivity index (χ3n) is 5.12. The number of aromatic nitrogens is 3. The number of hydrogen-bond donors (Lipinski definition) is 1. The third-order valence-corrected chi connectivity index (χ3v) is 5.12. The molecule has 0 fully saturated rings. The highest BCUT2D eigenvalue weighted by molar-refractivity contribution is 5.95. The molecule has 0 saturated heterocycles. The van der Waals surface area contributed by atoms with Gasteiger partial charge in [0, 0.05) is 23.1 Å². The Morgan fingerprint density at radius 3 is 2.34 bits per heavy atom. The first kappa shape index (κ1) is 24.0. The van der Waals surface area contributed by atoms with Crippen LogP contribution < -0.4 is 5.32 Å². The van der Waals surface area contributed by atoms with E-state index in [-0.39, 0.29) is 18.0 Å². The highest BCUT2D eigenvalue weighted by atomic mass is 19.4. The van der Waals surface area contributed by atoms with E-state index >= 15 is 0 Å².